The monoisotopic (exact) mass is 400 g/mol. The number of pyridine rings is 1. The molecule has 0 fully saturated rings. The van der Waals surface area contributed by atoms with E-state index in [9.17, 15) is 18.7 Å². The van der Waals surface area contributed by atoms with Crippen molar-refractivity contribution in [1.82, 2.24) is 4.98 Å². The zero-order valence-electron chi connectivity index (χ0n) is 13.3. The number of esters is 1. The van der Waals surface area contributed by atoms with Crippen LogP contribution < -0.4 is 0 Å². The Hall–Kier alpha value is -2.51. The minimum absolute atomic E-state index is 0.0287. The summed E-state index contributed by atoms with van der Waals surface area (Å²) in [5, 5.41) is 9.59. The number of carbonyl (C=O) groups is 1. The molecule has 0 atom stereocenters. The van der Waals surface area contributed by atoms with Crippen LogP contribution in [0.1, 0.15) is 12.5 Å². The van der Waals surface area contributed by atoms with Gasteiger partial charge in [0.2, 0.25) is 0 Å². The summed E-state index contributed by atoms with van der Waals surface area (Å²) in [6.07, 6.45) is 1.00. The molecule has 26 heavy (non-hydrogen) atoms. The van der Waals surface area contributed by atoms with Crippen LogP contribution in [-0.2, 0) is 9.53 Å². The first-order valence-corrected chi connectivity index (χ1v) is 8.01. The standard InChI is InChI=1S/C17H12Cl2F2N2O3/c1-2-26-17(25)12(8-22-10-5-3-9(20)4-6-10)14(24)11-7-13(21)16(19)23-15(11)18/h3-8,24H,2H2,1H3/b14-12+,22-8?. The number of hydrogen-bond donors (Lipinski definition) is 1. The van der Waals surface area contributed by atoms with Crippen LogP contribution >= 0.6 is 23.2 Å². The second-order valence-electron chi connectivity index (χ2n) is 4.82. The molecule has 1 aromatic carbocycles. The molecule has 9 heteroatoms. The van der Waals surface area contributed by atoms with Gasteiger partial charge in [0, 0.05) is 6.21 Å². The second kappa shape index (κ2) is 8.73. The van der Waals surface area contributed by atoms with E-state index in [0.717, 1.165) is 12.3 Å². The lowest BCUT2D eigenvalue weighted by molar-refractivity contribution is -0.137. The first kappa shape index (κ1) is 19.8. The van der Waals surface area contributed by atoms with E-state index >= 15 is 0 Å². The fourth-order valence-electron chi connectivity index (χ4n) is 1.84. The van der Waals surface area contributed by atoms with Crippen molar-refractivity contribution in [2.45, 2.75) is 6.92 Å². The maximum absolute atomic E-state index is 13.6. The van der Waals surface area contributed by atoms with Gasteiger partial charge in [0.15, 0.2) is 11.0 Å². The molecule has 0 spiro atoms. The number of ether oxygens (including phenoxy) is 1. The van der Waals surface area contributed by atoms with Gasteiger partial charge in [-0.05, 0) is 37.3 Å². The minimum Gasteiger partial charge on any atom is -0.506 e. The number of hydrogen-bond acceptors (Lipinski definition) is 5. The molecule has 0 unspecified atom stereocenters. The van der Waals surface area contributed by atoms with Crippen molar-refractivity contribution >= 4 is 46.8 Å². The molecule has 2 rings (SSSR count). The van der Waals surface area contributed by atoms with Crippen LogP contribution in [0.2, 0.25) is 10.3 Å². The number of carbonyl (C=O) groups excluding carboxylic acids is 1. The fourth-order valence-corrected chi connectivity index (χ4v) is 2.25. The molecule has 0 radical (unpaired) electrons. The van der Waals surface area contributed by atoms with Crippen LogP contribution in [0.15, 0.2) is 40.9 Å². The van der Waals surface area contributed by atoms with E-state index < -0.39 is 28.5 Å². The van der Waals surface area contributed by atoms with Crippen molar-refractivity contribution in [3.63, 3.8) is 0 Å². The van der Waals surface area contributed by atoms with Gasteiger partial charge in [-0.1, -0.05) is 23.2 Å². The van der Waals surface area contributed by atoms with Crippen LogP contribution in [0.4, 0.5) is 14.5 Å². The average molecular weight is 401 g/mol. The highest BCUT2D eigenvalue weighted by atomic mass is 35.5. The van der Waals surface area contributed by atoms with Gasteiger partial charge in [0.25, 0.3) is 0 Å². The Morgan fingerprint density at radius 1 is 1.27 bits per heavy atom. The van der Waals surface area contributed by atoms with E-state index in [1.165, 1.54) is 24.3 Å². The van der Waals surface area contributed by atoms with Crippen molar-refractivity contribution < 1.29 is 23.4 Å². The topological polar surface area (TPSA) is 71.8 Å². The van der Waals surface area contributed by atoms with Crippen molar-refractivity contribution in [3.05, 3.63) is 63.4 Å². The molecule has 1 N–H and O–H groups in total. The van der Waals surface area contributed by atoms with Crippen molar-refractivity contribution in [2.75, 3.05) is 6.61 Å². The molecule has 0 amide bonds. The fraction of sp³-hybridized carbons (Fsp3) is 0.118. The molecule has 1 aromatic heterocycles. The third kappa shape index (κ3) is 4.77. The summed E-state index contributed by atoms with van der Waals surface area (Å²) in [6.45, 7) is 1.60. The van der Waals surface area contributed by atoms with Gasteiger partial charge in [-0.15, -0.1) is 0 Å². The lowest BCUT2D eigenvalue weighted by Crippen LogP contribution is -2.11. The number of aliphatic hydroxyl groups excluding tert-OH is 1. The molecule has 0 aliphatic rings. The van der Waals surface area contributed by atoms with Gasteiger partial charge in [-0.3, -0.25) is 4.99 Å². The van der Waals surface area contributed by atoms with Gasteiger partial charge < -0.3 is 9.84 Å². The maximum Gasteiger partial charge on any atom is 0.343 e. The predicted octanol–water partition coefficient (Wildman–Crippen LogP) is 4.90. The number of halogens is 4. The van der Waals surface area contributed by atoms with E-state index in [-0.39, 0.29) is 22.9 Å². The minimum atomic E-state index is -0.934. The molecule has 1 heterocycles. The zero-order chi connectivity index (χ0) is 19.3. The largest absolute Gasteiger partial charge is 0.506 e. The molecule has 0 aliphatic heterocycles. The average Bonchev–Trinajstić information content (AvgIpc) is 2.60. The number of aromatic nitrogens is 1. The van der Waals surface area contributed by atoms with E-state index in [2.05, 4.69) is 9.98 Å². The Bertz CT molecular complexity index is 884. The summed E-state index contributed by atoms with van der Waals surface area (Å²) in [4.78, 5) is 19.6. The summed E-state index contributed by atoms with van der Waals surface area (Å²) in [5.74, 6) is -3.00. The molecule has 0 aliphatic carbocycles. The van der Waals surface area contributed by atoms with Crippen molar-refractivity contribution in [2.24, 2.45) is 4.99 Å². The summed E-state index contributed by atoms with van der Waals surface area (Å²) >= 11 is 11.4. The van der Waals surface area contributed by atoms with Crippen LogP contribution in [0.3, 0.4) is 0 Å². The molecular formula is C17H12Cl2F2N2O3. The molecule has 0 saturated carbocycles. The van der Waals surface area contributed by atoms with Gasteiger partial charge in [0.05, 0.1) is 17.9 Å². The van der Waals surface area contributed by atoms with E-state index in [4.69, 9.17) is 27.9 Å². The van der Waals surface area contributed by atoms with Gasteiger partial charge >= 0.3 is 5.97 Å². The Balaban J connectivity index is 2.52. The molecule has 0 saturated heterocycles. The lowest BCUT2D eigenvalue weighted by Gasteiger charge is -2.08. The number of nitrogens with zero attached hydrogens (tertiary/aromatic N) is 2. The smallest absolute Gasteiger partial charge is 0.343 e. The van der Waals surface area contributed by atoms with Crippen LogP contribution in [0.25, 0.3) is 5.76 Å². The summed E-state index contributed by atoms with van der Waals surface area (Å²) in [5.41, 5.74) is -0.337. The van der Waals surface area contributed by atoms with Crippen LogP contribution in [-0.4, -0.2) is 28.9 Å². The van der Waals surface area contributed by atoms with Crippen molar-refractivity contribution in [3.8, 4) is 0 Å². The summed E-state index contributed by atoms with van der Waals surface area (Å²) in [7, 11) is 0. The molecular weight excluding hydrogens is 389 g/mol. The maximum atomic E-state index is 13.6. The summed E-state index contributed by atoms with van der Waals surface area (Å²) < 4.78 is 31.4. The van der Waals surface area contributed by atoms with Gasteiger partial charge in [-0.2, -0.15) is 0 Å². The second-order valence-corrected chi connectivity index (χ2v) is 5.53. The Labute approximate surface area is 157 Å². The molecule has 5 nitrogen and oxygen atoms in total. The van der Waals surface area contributed by atoms with Crippen LogP contribution in [0, 0.1) is 11.6 Å². The predicted molar refractivity (Wildman–Crippen MR) is 94.9 cm³/mol. The van der Waals surface area contributed by atoms with Crippen molar-refractivity contribution in [1.29, 1.82) is 0 Å². The molecule has 136 valence electrons. The Morgan fingerprint density at radius 3 is 2.54 bits per heavy atom. The highest BCUT2D eigenvalue weighted by molar-refractivity contribution is 6.34. The van der Waals surface area contributed by atoms with Crippen LogP contribution in [0.5, 0.6) is 0 Å². The van der Waals surface area contributed by atoms with E-state index in [0.29, 0.717) is 5.69 Å². The number of rotatable bonds is 5. The third-order valence-electron chi connectivity index (χ3n) is 3.06. The van der Waals surface area contributed by atoms with Gasteiger partial charge in [-0.25, -0.2) is 18.6 Å². The third-order valence-corrected chi connectivity index (χ3v) is 3.61. The van der Waals surface area contributed by atoms with E-state index in [1.807, 2.05) is 0 Å². The highest BCUT2D eigenvalue weighted by Crippen LogP contribution is 2.27. The SMILES string of the molecule is CCOC(=O)/C(C=Nc1ccc(F)cc1)=C(/O)c1cc(F)c(Cl)nc1Cl. The summed E-state index contributed by atoms with van der Waals surface area (Å²) in [6, 6.07) is 5.91. The Kier molecular flexibility index (Phi) is 6.65. The number of benzene rings is 1. The first-order chi connectivity index (χ1) is 12.3. The Morgan fingerprint density at radius 2 is 1.92 bits per heavy atom. The molecule has 0 bridgehead atoms. The highest BCUT2D eigenvalue weighted by Gasteiger charge is 2.20. The zero-order valence-corrected chi connectivity index (χ0v) is 14.9. The lowest BCUT2D eigenvalue weighted by atomic mass is 10.1. The number of aliphatic imine (C=N–C) groups is 1. The van der Waals surface area contributed by atoms with E-state index in [1.54, 1.807) is 6.92 Å². The van der Waals surface area contributed by atoms with Gasteiger partial charge in [0.1, 0.15) is 22.3 Å². The molecule has 2 aromatic rings. The first-order valence-electron chi connectivity index (χ1n) is 7.25. The normalized spacial score (nSPS) is 12.2. The number of aliphatic hydroxyl groups is 1. The quantitative estimate of drug-likeness (QED) is 0.254.